The van der Waals surface area contributed by atoms with Gasteiger partial charge in [0.15, 0.2) is 0 Å². The fourth-order valence-corrected chi connectivity index (χ4v) is 2.15. The minimum Gasteiger partial charge on any atom is -0.497 e. The van der Waals surface area contributed by atoms with Crippen molar-refractivity contribution in [2.75, 3.05) is 7.11 Å². The Bertz CT molecular complexity index is 571. The van der Waals surface area contributed by atoms with E-state index in [4.69, 9.17) is 16.3 Å². The van der Waals surface area contributed by atoms with E-state index in [2.05, 4.69) is 12.2 Å². The second-order valence-electron chi connectivity index (χ2n) is 4.59. The van der Waals surface area contributed by atoms with Crippen LogP contribution in [0, 0.1) is 5.82 Å². The molecule has 0 unspecified atom stereocenters. The third kappa shape index (κ3) is 3.50. The number of hydrogen-bond acceptors (Lipinski definition) is 2. The maximum Gasteiger partial charge on any atom is 0.142 e. The fourth-order valence-electron chi connectivity index (χ4n) is 1.96. The number of rotatable bonds is 5. The minimum absolute atomic E-state index is 0.139. The van der Waals surface area contributed by atoms with Crippen molar-refractivity contribution in [3.63, 3.8) is 0 Å². The molecule has 0 aliphatic rings. The largest absolute Gasteiger partial charge is 0.497 e. The maximum absolute atomic E-state index is 13.3. The van der Waals surface area contributed by atoms with Crippen molar-refractivity contribution in [1.29, 1.82) is 0 Å². The van der Waals surface area contributed by atoms with E-state index < -0.39 is 0 Å². The molecule has 4 heteroatoms. The average Bonchev–Trinajstić information content (AvgIpc) is 2.48. The summed E-state index contributed by atoms with van der Waals surface area (Å²) in [7, 11) is 1.64. The van der Waals surface area contributed by atoms with Gasteiger partial charge in [-0.25, -0.2) is 4.39 Å². The van der Waals surface area contributed by atoms with Crippen molar-refractivity contribution in [3.8, 4) is 5.75 Å². The summed E-state index contributed by atoms with van der Waals surface area (Å²) in [6, 6.07) is 12.8. The van der Waals surface area contributed by atoms with E-state index in [1.807, 2.05) is 30.3 Å². The smallest absolute Gasteiger partial charge is 0.142 e. The van der Waals surface area contributed by atoms with E-state index >= 15 is 0 Å². The first-order chi connectivity index (χ1) is 9.61. The van der Waals surface area contributed by atoms with Gasteiger partial charge >= 0.3 is 0 Å². The van der Waals surface area contributed by atoms with E-state index in [0.29, 0.717) is 6.54 Å². The van der Waals surface area contributed by atoms with Crippen molar-refractivity contribution in [3.05, 3.63) is 64.4 Å². The van der Waals surface area contributed by atoms with Crippen LogP contribution in [0.25, 0.3) is 0 Å². The molecule has 0 aromatic heterocycles. The van der Waals surface area contributed by atoms with Crippen LogP contribution >= 0.6 is 11.6 Å². The van der Waals surface area contributed by atoms with E-state index in [-0.39, 0.29) is 16.9 Å². The lowest BCUT2D eigenvalue weighted by Gasteiger charge is -2.15. The third-order valence-corrected chi connectivity index (χ3v) is 3.67. The predicted octanol–water partition coefficient (Wildman–Crippen LogP) is 4.34. The van der Waals surface area contributed by atoms with E-state index in [9.17, 15) is 4.39 Å². The Balaban J connectivity index is 2.00. The topological polar surface area (TPSA) is 21.3 Å². The van der Waals surface area contributed by atoms with E-state index in [0.717, 1.165) is 16.9 Å². The normalized spacial score (nSPS) is 12.2. The maximum atomic E-state index is 13.3. The highest BCUT2D eigenvalue weighted by Gasteiger charge is 2.08. The summed E-state index contributed by atoms with van der Waals surface area (Å²) in [5.74, 6) is 0.442. The molecule has 0 bridgehead atoms. The number of benzene rings is 2. The first kappa shape index (κ1) is 14.8. The molecule has 0 fully saturated rings. The van der Waals surface area contributed by atoms with Crippen LogP contribution in [0.15, 0.2) is 42.5 Å². The van der Waals surface area contributed by atoms with Gasteiger partial charge in [0, 0.05) is 12.6 Å². The molecular weight excluding hydrogens is 277 g/mol. The zero-order valence-corrected chi connectivity index (χ0v) is 12.2. The molecule has 0 spiro atoms. The zero-order chi connectivity index (χ0) is 14.5. The Morgan fingerprint density at radius 3 is 2.55 bits per heavy atom. The van der Waals surface area contributed by atoms with Crippen LogP contribution in [0.2, 0.25) is 5.02 Å². The molecule has 1 N–H and O–H groups in total. The van der Waals surface area contributed by atoms with Crippen molar-refractivity contribution in [1.82, 2.24) is 5.32 Å². The SMILES string of the molecule is COc1ccc([C@H](C)NCc2cccc(F)c2Cl)cc1. The van der Waals surface area contributed by atoms with E-state index in [1.165, 1.54) is 6.07 Å². The van der Waals surface area contributed by atoms with Crippen molar-refractivity contribution in [2.24, 2.45) is 0 Å². The lowest BCUT2D eigenvalue weighted by molar-refractivity contribution is 0.414. The highest BCUT2D eigenvalue weighted by atomic mass is 35.5. The van der Waals surface area contributed by atoms with Crippen LogP contribution < -0.4 is 10.1 Å². The third-order valence-electron chi connectivity index (χ3n) is 3.25. The van der Waals surface area contributed by atoms with Gasteiger partial charge in [-0.2, -0.15) is 0 Å². The molecule has 2 nitrogen and oxygen atoms in total. The lowest BCUT2D eigenvalue weighted by atomic mass is 10.1. The Morgan fingerprint density at radius 1 is 1.20 bits per heavy atom. The Labute approximate surface area is 123 Å². The summed E-state index contributed by atoms with van der Waals surface area (Å²) in [6.07, 6.45) is 0. The highest BCUT2D eigenvalue weighted by molar-refractivity contribution is 6.31. The first-order valence-corrected chi connectivity index (χ1v) is 6.80. The fraction of sp³-hybridized carbons (Fsp3) is 0.250. The standard InChI is InChI=1S/C16H17ClFNO/c1-11(12-6-8-14(20-2)9-7-12)19-10-13-4-3-5-15(18)16(13)17/h3-9,11,19H,10H2,1-2H3/t11-/m0/s1. The molecule has 0 saturated heterocycles. The number of nitrogens with one attached hydrogen (secondary N) is 1. The molecule has 0 heterocycles. The molecule has 0 radical (unpaired) electrons. The van der Waals surface area contributed by atoms with Gasteiger partial charge in [-0.3, -0.25) is 0 Å². The van der Waals surface area contributed by atoms with Gasteiger partial charge in [0.2, 0.25) is 0 Å². The second kappa shape index (κ2) is 6.73. The van der Waals surface area contributed by atoms with Crippen LogP contribution in [-0.2, 0) is 6.54 Å². The van der Waals surface area contributed by atoms with Gasteiger partial charge in [-0.15, -0.1) is 0 Å². The molecule has 2 aromatic carbocycles. The molecule has 0 aliphatic heterocycles. The molecule has 0 amide bonds. The molecule has 2 aromatic rings. The van der Waals surface area contributed by atoms with Crippen LogP contribution in [0.3, 0.4) is 0 Å². The molecule has 2 rings (SSSR count). The average molecular weight is 294 g/mol. The molecule has 0 aliphatic carbocycles. The van der Waals surface area contributed by atoms with Gasteiger partial charge in [0.25, 0.3) is 0 Å². The Morgan fingerprint density at radius 2 is 1.90 bits per heavy atom. The highest BCUT2D eigenvalue weighted by Crippen LogP contribution is 2.21. The first-order valence-electron chi connectivity index (χ1n) is 6.42. The molecule has 1 atom stereocenters. The Hall–Kier alpha value is -1.58. The van der Waals surface area contributed by atoms with Crippen LogP contribution in [0.4, 0.5) is 4.39 Å². The Kier molecular flexibility index (Phi) is 4.99. The number of halogens is 2. The summed E-state index contributed by atoms with van der Waals surface area (Å²) in [5.41, 5.74) is 1.89. The van der Waals surface area contributed by atoms with Crippen molar-refractivity contribution < 1.29 is 9.13 Å². The molecule has 0 saturated carbocycles. The second-order valence-corrected chi connectivity index (χ2v) is 4.97. The van der Waals surface area contributed by atoms with Gasteiger partial charge in [0.1, 0.15) is 11.6 Å². The summed E-state index contributed by atoms with van der Waals surface area (Å²) < 4.78 is 18.5. The molecule has 20 heavy (non-hydrogen) atoms. The number of hydrogen-bond donors (Lipinski definition) is 1. The molecule has 106 valence electrons. The molecular formula is C16H17ClFNO. The van der Waals surface area contributed by atoms with E-state index in [1.54, 1.807) is 13.2 Å². The number of methoxy groups -OCH3 is 1. The summed E-state index contributed by atoms with van der Waals surface area (Å²) in [6.45, 7) is 2.57. The minimum atomic E-state index is -0.386. The summed E-state index contributed by atoms with van der Waals surface area (Å²) in [5, 5.41) is 3.51. The monoisotopic (exact) mass is 293 g/mol. The number of ether oxygens (including phenoxy) is 1. The van der Waals surface area contributed by atoms with Crippen molar-refractivity contribution >= 4 is 11.6 Å². The van der Waals surface area contributed by atoms with Gasteiger partial charge in [-0.05, 0) is 36.2 Å². The van der Waals surface area contributed by atoms with Gasteiger partial charge in [-0.1, -0.05) is 35.9 Å². The van der Waals surface area contributed by atoms with Crippen LogP contribution in [-0.4, -0.2) is 7.11 Å². The van der Waals surface area contributed by atoms with Crippen LogP contribution in [0.1, 0.15) is 24.1 Å². The zero-order valence-electron chi connectivity index (χ0n) is 11.5. The quantitative estimate of drug-likeness (QED) is 0.885. The summed E-state index contributed by atoms with van der Waals surface area (Å²) >= 11 is 5.93. The van der Waals surface area contributed by atoms with Gasteiger partial charge < -0.3 is 10.1 Å². The predicted molar refractivity (Wildman–Crippen MR) is 79.7 cm³/mol. The van der Waals surface area contributed by atoms with Crippen LogP contribution in [0.5, 0.6) is 5.75 Å². The lowest BCUT2D eigenvalue weighted by Crippen LogP contribution is -2.18. The summed E-state index contributed by atoms with van der Waals surface area (Å²) in [4.78, 5) is 0. The van der Waals surface area contributed by atoms with Crippen molar-refractivity contribution in [2.45, 2.75) is 19.5 Å². The van der Waals surface area contributed by atoms with Gasteiger partial charge in [0.05, 0.1) is 12.1 Å².